The van der Waals surface area contributed by atoms with Crippen molar-refractivity contribution in [3.05, 3.63) is 378 Å². The van der Waals surface area contributed by atoms with Crippen molar-refractivity contribution in [3.8, 4) is 94.5 Å². The molecule has 0 aromatic heterocycles. The van der Waals surface area contributed by atoms with Crippen LogP contribution in [0.15, 0.2) is 267 Å². The van der Waals surface area contributed by atoms with Crippen molar-refractivity contribution in [3.63, 3.8) is 0 Å². The maximum atomic E-state index is 14.0. The van der Waals surface area contributed by atoms with Gasteiger partial charge >= 0.3 is 0 Å². The van der Waals surface area contributed by atoms with Crippen molar-refractivity contribution < 1.29 is 91.6 Å². The average Bonchev–Trinajstić information content (AvgIpc) is 0.793. The molecule has 0 aliphatic carbocycles. The van der Waals surface area contributed by atoms with Gasteiger partial charge in [0.2, 0.25) is 40.1 Å². The summed E-state index contributed by atoms with van der Waals surface area (Å²) in [5.41, 5.74) is 8.32. The summed E-state index contributed by atoms with van der Waals surface area (Å²) in [6, 6.07) is 89.7. The molecule has 0 unspecified atom stereocenters. The zero-order valence-electron chi connectivity index (χ0n) is 82.0. The van der Waals surface area contributed by atoms with Gasteiger partial charge < -0.3 is 58.0 Å². The number of ether oxygens (including phenoxy) is 9. The summed E-state index contributed by atoms with van der Waals surface area (Å²) in [5.74, 6) is 5.24. The Bertz CT molecular complexity index is 6540. The number of nitrogens with zero attached hydrogens (tertiary/aromatic N) is 12. The summed E-state index contributed by atoms with van der Waals surface area (Å²) in [6.45, 7) is 6.43. The molecule has 0 aliphatic heterocycles. The Morgan fingerprint density at radius 3 is 0.524 bits per heavy atom. The molecule has 12 aromatic carbocycles. The maximum absolute atomic E-state index is 14.0. The van der Waals surface area contributed by atoms with Crippen LogP contribution in [0.25, 0.3) is 0 Å². The normalized spacial score (nSPS) is 12.9. The quantitative estimate of drug-likeness (QED) is 0.0320. The first-order valence-electron chi connectivity index (χ1n) is 44.8. The van der Waals surface area contributed by atoms with E-state index in [-0.39, 0.29) is 108 Å². The number of hydrogen-bond acceptors (Lipinski definition) is 28. The summed E-state index contributed by atoms with van der Waals surface area (Å²) in [5, 5.41) is 103. The van der Waals surface area contributed by atoms with Crippen molar-refractivity contribution >= 4 is 40.1 Å². The molecule has 8 atom stereocenters. The topological polar surface area (TPSA) is 484 Å². The summed E-state index contributed by atoms with van der Waals surface area (Å²) in [4.78, 5) is 0. The second kappa shape index (κ2) is 53.5. The first-order chi connectivity index (χ1) is 69.4. The molecule has 0 radical (unpaired) electrons. The average molecular weight is 2040 g/mol. The molecule has 0 aliphatic rings. The second-order valence-corrected chi connectivity index (χ2v) is 42.1. The highest BCUT2D eigenvalue weighted by molar-refractivity contribution is 7.90. The Kier molecular flexibility index (Phi) is 41.7. The number of aliphatic hydroxyl groups excluding tert-OH is 3. The van der Waals surface area contributed by atoms with Crippen molar-refractivity contribution in [1.82, 2.24) is 17.2 Å². The van der Waals surface area contributed by atoms with Gasteiger partial charge in [-0.05, 0) is 240 Å². The summed E-state index contributed by atoms with van der Waals surface area (Å²) >= 11 is 0. The third-order valence-corrected chi connectivity index (χ3v) is 32.6. The van der Waals surface area contributed by atoms with Gasteiger partial charge in [-0.25, -0.2) is 33.7 Å². The molecule has 32 nitrogen and oxygen atoms in total. The number of nitriles is 8. The zero-order chi connectivity index (χ0) is 106. The lowest BCUT2D eigenvalue weighted by atomic mass is 9.99. The van der Waals surface area contributed by atoms with Crippen LogP contribution in [0.3, 0.4) is 0 Å². The number of methoxy groups -OCH3 is 9. The number of sulfonamides is 4. The second-order valence-electron chi connectivity index (χ2n) is 33.0. The Morgan fingerprint density at radius 1 is 0.228 bits per heavy atom. The van der Waals surface area contributed by atoms with Crippen LogP contribution < -0.4 is 37.9 Å². The van der Waals surface area contributed by atoms with Gasteiger partial charge in [-0.3, -0.25) is 0 Å². The van der Waals surface area contributed by atoms with E-state index in [9.17, 15) is 75.3 Å². The highest BCUT2D eigenvalue weighted by atomic mass is 32.2. The Morgan fingerprint density at radius 2 is 0.379 bits per heavy atom. The van der Waals surface area contributed by atoms with E-state index in [1.54, 1.807) is 246 Å². The van der Waals surface area contributed by atoms with E-state index in [1.165, 1.54) is 106 Å². The smallest absolute Gasteiger partial charge is 0.220 e. The van der Waals surface area contributed by atoms with Crippen LogP contribution in [0.1, 0.15) is 163 Å². The molecule has 0 heterocycles. The molecule has 0 saturated heterocycles. The van der Waals surface area contributed by atoms with Gasteiger partial charge in [0.25, 0.3) is 0 Å². The molecule has 750 valence electrons. The number of rotatable bonds is 41. The lowest BCUT2D eigenvalue weighted by molar-refractivity contribution is 0.100. The SMILES string of the molecule is COc1ccc(CN(Cc2ccc(OC)cc2)S(=O)(=O)[C@@H](C)[C@@H](O)c2ccc(C#N)cc2C#N)cc1.COc1ccc(CN(Cc2ccc(OC)cc2)S(=O)(=O)[C@@H](C)[C@H](OC)c2ccc(C#N)cc2C#N)cc1.COc1ccc(CN(Cc2ccc(OC)cc2)S(=O)(=O)[C@H](C)[C@@H](O)c2ccc(C#N)cc2C#N)cc1.COc1ccc(CN(Cc2ccc(OC)cc2)S(=O)(=O)[C@H](C)[C@H](O)c2ccc(C#N)cc2C#N)cc1. The fourth-order valence-corrected chi connectivity index (χ4v) is 21.7. The highest BCUT2D eigenvalue weighted by Crippen LogP contribution is 2.38. The van der Waals surface area contributed by atoms with Crippen LogP contribution in [-0.4, -0.2) is 151 Å². The number of benzene rings is 12. The van der Waals surface area contributed by atoms with Gasteiger partial charge in [0.05, 0.1) is 168 Å². The molecule has 12 aromatic rings. The van der Waals surface area contributed by atoms with E-state index >= 15 is 0 Å². The molecule has 3 N–H and O–H groups in total. The minimum Gasteiger partial charge on any atom is -0.497 e. The minimum atomic E-state index is -4.07. The molecule has 0 fully saturated rings. The number of hydrogen-bond donors (Lipinski definition) is 3. The highest BCUT2D eigenvalue weighted by Gasteiger charge is 2.41. The lowest BCUT2D eigenvalue weighted by Gasteiger charge is -2.30. The summed E-state index contributed by atoms with van der Waals surface area (Å²) in [6.07, 6.45) is -5.37. The van der Waals surface area contributed by atoms with Gasteiger partial charge in [-0.1, -0.05) is 121 Å². The third-order valence-electron chi connectivity index (χ3n) is 24.0. The van der Waals surface area contributed by atoms with Crippen LogP contribution in [0.2, 0.25) is 0 Å². The van der Waals surface area contributed by atoms with Crippen LogP contribution in [-0.2, 0) is 97.2 Å². The van der Waals surface area contributed by atoms with Crippen LogP contribution in [0.4, 0.5) is 0 Å². The molecule has 0 spiro atoms. The van der Waals surface area contributed by atoms with Crippen molar-refractivity contribution in [2.75, 3.05) is 64.0 Å². The predicted molar refractivity (Wildman–Crippen MR) is 543 cm³/mol. The fourth-order valence-electron chi connectivity index (χ4n) is 15.2. The predicted octanol–water partition coefficient (Wildman–Crippen LogP) is 16.3. The van der Waals surface area contributed by atoms with Crippen LogP contribution in [0, 0.1) is 90.6 Å². The molecular formula is C109H110N12O20S4. The monoisotopic (exact) mass is 2030 g/mol. The molecule has 145 heavy (non-hydrogen) atoms. The minimum absolute atomic E-state index is 0.0560. The van der Waals surface area contributed by atoms with E-state index in [2.05, 4.69) is 6.07 Å². The summed E-state index contributed by atoms with van der Waals surface area (Å²) < 4.78 is 163. The number of aliphatic hydroxyl groups is 3. The molecular weight excluding hydrogens is 1930 g/mol. The molecule has 0 saturated carbocycles. The van der Waals surface area contributed by atoms with Gasteiger partial charge in [0, 0.05) is 59.5 Å². The Hall–Kier alpha value is -15.6. The first kappa shape index (κ1) is 113. The van der Waals surface area contributed by atoms with Crippen molar-refractivity contribution in [2.24, 2.45) is 0 Å². The van der Waals surface area contributed by atoms with E-state index in [1.807, 2.05) is 66.8 Å². The lowest BCUT2D eigenvalue weighted by Crippen LogP contribution is -2.40. The van der Waals surface area contributed by atoms with E-state index in [4.69, 9.17) is 58.4 Å². The van der Waals surface area contributed by atoms with E-state index in [0.29, 0.717) is 57.1 Å². The largest absolute Gasteiger partial charge is 0.497 e. The van der Waals surface area contributed by atoms with Gasteiger partial charge in [-0.15, -0.1) is 0 Å². The van der Waals surface area contributed by atoms with Gasteiger partial charge in [0.15, 0.2) is 0 Å². The van der Waals surface area contributed by atoms with Gasteiger partial charge in [0.1, 0.15) is 73.1 Å². The standard InChI is InChI=1S/C28H29N3O5S.3C27H27N3O5S/c1-20(28(36-4)27-14-9-23(16-29)15-24(27)17-30)37(32,33)31(18-21-5-10-25(34-2)11-6-21)19-22-7-12-26(35-3)13-8-22;3*1-19(27(31)26-13-8-22(15-28)14-23(26)16-29)36(32,33)30(17-20-4-9-24(34-2)10-5-20)18-21-6-11-25(35-3)12-7-21/h5-15,20,28H,18-19H2,1-4H3;3*4-14,19,27,31H,17-18H2,1-3H3/t20-,28-;2*19-,27+;19-,27-/m0101/s1. The maximum Gasteiger partial charge on any atom is 0.220 e. The summed E-state index contributed by atoms with van der Waals surface area (Å²) in [7, 11) is -2.30. The Balaban J connectivity index is 0.000000215. The van der Waals surface area contributed by atoms with Crippen LogP contribution in [0.5, 0.6) is 46.0 Å². The van der Waals surface area contributed by atoms with E-state index < -0.39 is 85.5 Å². The zero-order valence-corrected chi connectivity index (χ0v) is 85.2. The van der Waals surface area contributed by atoms with Gasteiger partial charge in [-0.2, -0.15) is 59.3 Å². The van der Waals surface area contributed by atoms with Crippen LogP contribution >= 0.6 is 0 Å². The fraction of sp³-hybridized carbons (Fsp3) is 0.266. The molecule has 0 amide bonds. The molecule has 36 heteroatoms. The Labute approximate surface area is 847 Å². The van der Waals surface area contributed by atoms with Crippen molar-refractivity contribution in [2.45, 2.75) is 125 Å². The molecule has 0 bridgehead atoms. The molecule has 12 rings (SSSR count). The first-order valence-corrected chi connectivity index (χ1v) is 50.8. The third kappa shape index (κ3) is 29.8. The van der Waals surface area contributed by atoms with E-state index in [0.717, 1.165) is 44.5 Å². The van der Waals surface area contributed by atoms with Crippen molar-refractivity contribution in [1.29, 1.82) is 42.1 Å².